The highest BCUT2D eigenvalue weighted by molar-refractivity contribution is 5.78. The second kappa shape index (κ2) is 7.65. The summed E-state index contributed by atoms with van der Waals surface area (Å²) in [5.41, 5.74) is 2.65. The smallest absolute Gasteiger partial charge is 0.277 e. The molecule has 0 aromatic carbocycles. The Labute approximate surface area is 169 Å². The van der Waals surface area contributed by atoms with Gasteiger partial charge in [0.2, 0.25) is 11.8 Å². The van der Waals surface area contributed by atoms with Gasteiger partial charge in [-0.25, -0.2) is 9.50 Å². The van der Waals surface area contributed by atoms with Gasteiger partial charge in [0.1, 0.15) is 0 Å². The van der Waals surface area contributed by atoms with Crippen LogP contribution in [-0.4, -0.2) is 49.3 Å². The second-order valence-electron chi connectivity index (χ2n) is 8.36. The normalized spacial score (nSPS) is 19.7. The largest absolute Gasteiger partial charge is 0.337 e. The maximum Gasteiger partial charge on any atom is 0.277 e. The first-order valence-electron chi connectivity index (χ1n) is 10.6. The molecule has 1 saturated heterocycles. The van der Waals surface area contributed by atoms with E-state index in [1.54, 1.807) is 4.90 Å². The van der Waals surface area contributed by atoms with E-state index in [1.807, 2.05) is 31.7 Å². The zero-order chi connectivity index (χ0) is 20.7. The van der Waals surface area contributed by atoms with Gasteiger partial charge in [-0.1, -0.05) is 20.8 Å². The molecule has 2 aromatic heterocycles. The van der Waals surface area contributed by atoms with Crippen LogP contribution in [-0.2, 0) is 22.6 Å². The number of fused-ring (bicyclic) bond motifs is 2. The van der Waals surface area contributed by atoms with E-state index in [4.69, 9.17) is 4.98 Å². The molecule has 2 aliphatic heterocycles. The number of rotatable bonds is 3. The predicted molar refractivity (Wildman–Crippen MR) is 108 cm³/mol. The number of nitrogens with zero attached hydrogens (tertiary/aromatic N) is 4. The first-order chi connectivity index (χ1) is 13.9. The molecule has 0 radical (unpaired) electrons. The van der Waals surface area contributed by atoms with Gasteiger partial charge < -0.3 is 9.80 Å². The Morgan fingerprint density at radius 2 is 2.07 bits per heavy atom. The highest BCUT2D eigenvalue weighted by Gasteiger charge is 2.30. The van der Waals surface area contributed by atoms with Crippen LogP contribution in [0.15, 0.2) is 10.9 Å². The van der Waals surface area contributed by atoms with Crippen molar-refractivity contribution in [3.05, 3.63) is 33.4 Å². The molecule has 156 valence electrons. The molecule has 0 aliphatic carbocycles. The summed E-state index contributed by atoms with van der Waals surface area (Å²) in [4.78, 5) is 46.3. The Balaban J connectivity index is 1.71. The summed E-state index contributed by atoms with van der Waals surface area (Å²) in [6.45, 7) is 7.26. The summed E-state index contributed by atoms with van der Waals surface area (Å²) in [5, 5.41) is 3.20. The van der Waals surface area contributed by atoms with E-state index in [1.165, 1.54) is 4.52 Å². The first-order valence-corrected chi connectivity index (χ1v) is 10.6. The van der Waals surface area contributed by atoms with Gasteiger partial charge in [-0.15, -0.1) is 0 Å². The molecule has 4 rings (SSSR count). The fourth-order valence-corrected chi connectivity index (χ4v) is 4.48. The van der Waals surface area contributed by atoms with Crippen LogP contribution in [0.1, 0.15) is 69.4 Å². The highest BCUT2D eigenvalue weighted by atomic mass is 16.2. The molecule has 1 N–H and O–H groups in total. The molecule has 8 heteroatoms. The number of aromatic amines is 1. The number of H-pyrrole nitrogens is 1. The van der Waals surface area contributed by atoms with Crippen LogP contribution in [0, 0.1) is 5.92 Å². The highest BCUT2D eigenvalue weighted by Crippen LogP contribution is 2.31. The Bertz CT molecular complexity index is 1010. The minimum atomic E-state index is -0.151. The number of carbonyl (C=O) groups excluding carboxylic acids is 2. The van der Waals surface area contributed by atoms with Gasteiger partial charge >= 0.3 is 0 Å². The lowest BCUT2D eigenvalue weighted by atomic mass is 9.99. The van der Waals surface area contributed by atoms with E-state index in [9.17, 15) is 14.4 Å². The molecular formula is C21H29N5O3. The molecule has 1 fully saturated rings. The monoisotopic (exact) mass is 399 g/mol. The molecule has 8 nitrogen and oxygen atoms in total. The first kappa shape index (κ1) is 19.7. The number of piperidine rings is 1. The molecule has 2 aromatic rings. The van der Waals surface area contributed by atoms with E-state index < -0.39 is 0 Å². The molecule has 0 unspecified atom stereocenters. The van der Waals surface area contributed by atoms with Crippen LogP contribution >= 0.6 is 0 Å². The summed E-state index contributed by atoms with van der Waals surface area (Å²) < 4.78 is 1.47. The van der Waals surface area contributed by atoms with Gasteiger partial charge in [-0.3, -0.25) is 19.5 Å². The minimum Gasteiger partial charge on any atom is -0.337 e. The van der Waals surface area contributed by atoms with E-state index in [-0.39, 0.29) is 29.3 Å². The Kier molecular flexibility index (Phi) is 5.19. The van der Waals surface area contributed by atoms with Crippen LogP contribution < -0.4 is 5.56 Å². The van der Waals surface area contributed by atoms with Crippen molar-refractivity contribution in [2.45, 2.75) is 65.5 Å². The van der Waals surface area contributed by atoms with Crippen LogP contribution in [0.2, 0.25) is 0 Å². The van der Waals surface area contributed by atoms with E-state index in [0.717, 1.165) is 37.2 Å². The van der Waals surface area contributed by atoms with Gasteiger partial charge in [-0.2, -0.15) is 0 Å². The maximum absolute atomic E-state index is 13.2. The number of likely N-dealkylation sites (tertiary alicyclic amines) is 1. The minimum absolute atomic E-state index is 0.0478. The van der Waals surface area contributed by atoms with E-state index >= 15 is 0 Å². The number of carbonyl (C=O) groups is 2. The molecule has 1 atom stereocenters. The number of aromatic nitrogens is 3. The third-order valence-corrected chi connectivity index (χ3v) is 6.07. The molecule has 4 heterocycles. The Morgan fingerprint density at radius 3 is 2.79 bits per heavy atom. The molecule has 0 spiro atoms. The third kappa shape index (κ3) is 3.45. The van der Waals surface area contributed by atoms with Crippen molar-refractivity contribution < 1.29 is 9.59 Å². The van der Waals surface area contributed by atoms with Gasteiger partial charge in [-0.05, 0) is 19.3 Å². The summed E-state index contributed by atoms with van der Waals surface area (Å²) in [5.74, 6) is 0.0977. The SMILES string of the molecule is CCC(=O)N1CCCC[C@@H]1c1cc2nc3c(c(=O)n2[nH]1)CN(C(=O)C(C)C)CC3. The van der Waals surface area contributed by atoms with Crippen molar-refractivity contribution in [1.82, 2.24) is 24.4 Å². The van der Waals surface area contributed by atoms with Gasteiger partial charge in [0, 0.05) is 37.9 Å². The quantitative estimate of drug-likeness (QED) is 0.855. The van der Waals surface area contributed by atoms with E-state index in [0.29, 0.717) is 37.1 Å². The fourth-order valence-electron chi connectivity index (χ4n) is 4.48. The average Bonchev–Trinajstić information content (AvgIpc) is 3.16. The number of hydrogen-bond acceptors (Lipinski definition) is 4. The van der Waals surface area contributed by atoms with Crippen molar-refractivity contribution >= 4 is 17.5 Å². The van der Waals surface area contributed by atoms with E-state index in [2.05, 4.69) is 5.10 Å². The second-order valence-corrected chi connectivity index (χ2v) is 8.36. The lowest BCUT2D eigenvalue weighted by Gasteiger charge is -2.35. The maximum atomic E-state index is 13.2. The average molecular weight is 399 g/mol. The van der Waals surface area contributed by atoms with Crippen molar-refractivity contribution in [3.8, 4) is 0 Å². The molecule has 0 bridgehead atoms. The predicted octanol–water partition coefficient (Wildman–Crippen LogP) is 2.03. The Morgan fingerprint density at radius 1 is 1.28 bits per heavy atom. The van der Waals surface area contributed by atoms with Gasteiger partial charge in [0.05, 0.1) is 29.5 Å². The topological polar surface area (TPSA) is 90.8 Å². The number of nitrogens with one attached hydrogen (secondary N) is 1. The summed E-state index contributed by atoms with van der Waals surface area (Å²) in [6, 6.07) is 1.85. The summed E-state index contributed by atoms with van der Waals surface area (Å²) >= 11 is 0. The standard InChI is InChI=1S/C21H29N5O3/c1-4-19(27)25-9-6-5-7-17(25)16-11-18-22-15-8-10-24(20(28)13(2)3)12-14(15)21(29)26(18)23-16/h11,13,17,23H,4-10,12H2,1-3H3/t17-/m1/s1. The lowest BCUT2D eigenvalue weighted by Crippen LogP contribution is -2.42. The number of amides is 2. The zero-order valence-electron chi connectivity index (χ0n) is 17.4. The van der Waals surface area contributed by atoms with Crippen molar-refractivity contribution in [2.75, 3.05) is 13.1 Å². The van der Waals surface area contributed by atoms with Crippen LogP contribution in [0.4, 0.5) is 0 Å². The third-order valence-electron chi connectivity index (χ3n) is 6.07. The van der Waals surface area contributed by atoms with Gasteiger partial charge in [0.15, 0.2) is 5.65 Å². The van der Waals surface area contributed by atoms with Crippen molar-refractivity contribution in [3.63, 3.8) is 0 Å². The molecule has 0 saturated carbocycles. The molecular weight excluding hydrogens is 370 g/mol. The van der Waals surface area contributed by atoms with Crippen molar-refractivity contribution in [2.24, 2.45) is 5.92 Å². The summed E-state index contributed by atoms with van der Waals surface area (Å²) in [6.07, 6.45) is 4.00. The van der Waals surface area contributed by atoms with Crippen LogP contribution in [0.5, 0.6) is 0 Å². The number of hydrogen-bond donors (Lipinski definition) is 1. The molecule has 29 heavy (non-hydrogen) atoms. The molecule has 2 aliphatic rings. The fraction of sp³-hybridized carbons (Fsp3) is 0.619. The van der Waals surface area contributed by atoms with Crippen LogP contribution in [0.3, 0.4) is 0 Å². The van der Waals surface area contributed by atoms with Gasteiger partial charge in [0.25, 0.3) is 5.56 Å². The van der Waals surface area contributed by atoms with Crippen molar-refractivity contribution in [1.29, 1.82) is 0 Å². The summed E-state index contributed by atoms with van der Waals surface area (Å²) in [7, 11) is 0. The zero-order valence-corrected chi connectivity index (χ0v) is 17.4. The van der Waals surface area contributed by atoms with Crippen LogP contribution in [0.25, 0.3) is 5.65 Å². The lowest BCUT2D eigenvalue weighted by molar-refractivity contribution is -0.135. The molecule has 2 amide bonds. The Hall–Kier alpha value is -2.64.